The Hall–Kier alpha value is -3.39. The van der Waals surface area contributed by atoms with Gasteiger partial charge in [0.2, 0.25) is 5.91 Å². The normalized spacial score (nSPS) is 18.9. The Balaban J connectivity index is 1.45. The number of hydrogen-bond donors (Lipinski definition) is 3. The van der Waals surface area contributed by atoms with E-state index in [0.717, 1.165) is 42.8 Å². The average Bonchev–Trinajstić information content (AvgIpc) is 3.43. The minimum absolute atomic E-state index is 0.00605. The zero-order valence-corrected chi connectivity index (χ0v) is 17.1. The van der Waals surface area contributed by atoms with Gasteiger partial charge in [-0.25, -0.2) is 9.37 Å². The number of aromatic amines is 1. The highest BCUT2D eigenvalue weighted by Crippen LogP contribution is 2.35. The molecule has 2 fully saturated rings. The minimum atomic E-state index is -0.244. The van der Waals surface area contributed by atoms with Crippen molar-refractivity contribution in [3.8, 4) is 16.9 Å². The van der Waals surface area contributed by atoms with Crippen LogP contribution in [0.4, 0.5) is 10.1 Å². The topological polar surface area (TPSA) is 82.3 Å². The lowest BCUT2D eigenvalue weighted by atomic mass is 10.0. The van der Waals surface area contributed by atoms with Gasteiger partial charge in [-0.15, -0.1) is 0 Å². The number of benzene rings is 2. The summed E-state index contributed by atoms with van der Waals surface area (Å²) in [5.74, 6) is 0.714. The molecule has 0 saturated carbocycles. The molecule has 5 rings (SSSR count). The molecule has 3 heterocycles. The van der Waals surface area contributed by atoms with Crippen molar-refractivity contribution in [1.29, 1.82) is 0 Å². The summed E-state index contributed by atoms with van der Waals surface area (Å²) >= 11 is 0. The molecule has 3 aromatic rings. The third-order valence-corrected chi connectivity index (χ3v) is 5.90. The number of carbonyl (C=O) groups is 1. The Labute approximate surface area is 179 Å². The Morgan fingerprint density at radius 1 is 1.19 bits per heavy atom. The number of piperazine rings is 1. The first-order valence-corrected chi connectivity index (χ1v) is 10.4. The summed E-state index contributed by atoms with van der Waals surface area (Å²) in [4.78, 5) is 21.0. The van der Waals surface area contributed by atoms with Gasteiger partial charge in [-0.2, -0.15) is 0 Å². The van der Waals surface area contributed by atoms with E-state index < -0.39 is 0 Å². The predicted molar refractivity (Wildman–Crippen MR) is 117 cm³/mol. The summed E-state index contributed by atoms with van der Waals surface area (Å²) in [7, 11) is 0. The summed E-state index contributed by atoms with van der Waals surface area (Å²) in [6, 6.07) is 9.10. The maximum Gasteiger partial charge on any atom is 0.220 e. The number of amides is 1. The van der Waals surface area contributed by atoms with Gasteiger partial charge in [-0.05, 0) is 35.4 Å². The number of anilines is 1. The molecule has 0 unspecified atom stereocenters. The van der Waals surface area contributed by atoms with Crippen LogP contribution in [0.5, 0.6) is 5.75 Å². The number of fused-ring (bicyclic) bond motifs is 1. The Bertz CT molecular complexity index is 1150. The van der Waals surface area contributed by atoms with Crippen molar-refractivity contribution in [3.63, 3.8) is 0 Å². The second kappa shape index (κ2) is 8.03. The first-order chi connectivity index (χ1) is 15.1. The minimum Gasteiger partial charge on any atom is -0.460 e. The number of halogens is 1. The van der Waals surface area contributed by atoms with Crippen LogP contribution in [-0.4, -0.2) is 48.6 Å². The summed E-state index contributed by atoms with van der Waals surface area (Å²) < 4.78 is 21.0. The summed E-state index contributed by atoms with van der Waals surface area (Å²) in [5, 5.41) is 6.08. The molecule has 0 bridgehead atoms. The number of imidazole rings is 1. The molecule has 0 spiro atoms. The molecule has 2 aliphatic rings. The molecular formula is C23H24FN5O2. The number of aromatic nitrogens is 2. The Kier molecular flexibility index (Phi) is 5.07. The highest BCUT2D eigenvalue weighted by atomic mass is 19.1. The first-order valence-electron chi connectivity index (χ1n) is 10.4. The Morgan fingerprint density at radius 2 is 2.03 bits per heavy atom. The van der Waals surface area contributed by atoms with E-state index in [0.29, 0.717) is 35.7 Å². The van der Waals surface area contributed by atoms with Crippen LogP contribution >= 0.6 is 0 Å². The summed E-state index contributed by atoms with van der Waals surface area (Å²) in [5.41, 5.74) is 3.63. The van der Waals surface area contributed by atoms with Gasteiger partial charge in [0, 0.05) is 45.1 Å². The smallest absolute Gasteiger partial charge is 0.220 e. The van der Waals surface area contributed by atoms with Crippen molar-refractivity contribution in [2.45, 2.75) is 6.42 Å². The van der Waals surface area contributed by atoms with Gasteiger partial charge < -0.3 is 25.3 Å². The van der Waals surface area contributed by atoms with Crippen LogP contribution in [0.2, 0.25) is 0 Å². The molecule has 0 radical (unpaired) electrons. The van der Waals surface area contributed by atoms with Gasteiger partial charge in [0.15, 0.2) is 5.75 Å². The number of hydrogen-bond acceptors (Lipinski definition) is 5. The maximum absolute atomic E-state index is 15.0. The molecule has 160 valence electrons. The molecule has 3 N–H and O–H groups in total. The Morgan fingerprint density at radius 3 is 2.77 bits per heavy atom. The van der Waals surface area contributed by atoms with Crippen molar-refractivity contribution in [3.05, 3.63) is 54.8 Å². The molecule has 1 amide bonds. The standard InChI is InChI=1S/C23H24FN5O2/c1-14(17-11-22(30)26-12-17)31-21-10-16(9-19-23(21)28-13-27-19)15-2-3-20(18(24)8-15)29-6-4-25-5-7-29/h2-3,8-10,13,17,25H,1,4-7,11-12H2,(H,26,30)(H,27,28)/t17-/m1/s1. The lowest BCUT2D eigenvalue weighted by Gasteiger charge is -2.29. The molecule has 31 heavy (non-hydrogen) atoms. The zero-order chi connectivity index (χ0) is 21.4. The molecule has 2 aromatic carbocycles. The van der Waals surface area contributed by atoms with E-state index in [2.05, 4.69) is 32.1 Å². The first kappa shape index (κ1) is 19.6. The molecule has 1 atom stereocenters. The fourth-order valence-corrected chi connectivity index (χ4v) is 4.17. The highest BCUT2D eigenvalue weighted by molar-refractivity contribution is 5.87. The van der Waals surface area contributed by atoms with Crippen molar-refractivity contribution < 1.29 is 13.9 Å². The summed E-state index contributed by atoms with van der Waals surface area (Å²) in [6.07, 6.45) is 1.96. The lowest BCUT2D eigenvalue weighted by Crippen LogP contribution is -2.43. The third-order valence-electron chi connectivity index (χ3n) is 5.90. The van der Waals surface area contributed by atoms with E-state index in [1.54, 1.807) is 12.4 Å². The monoisotopic (exact) mass is 421 g/mol. The largest absolute Gasteiger partial charge is 0.460 e. The van der Waals surface area contributed by atoms with E-state index in [9.17, 15) is 9.18 Å². The van der Waals surface area contributed by atoms with Crippen LogP contribution in [0, 0.1) is 11.7 Å². The number of rotatable bonds is 5. The SMILES string of the molecule is C=C(Oc1cc(-c2ccc(N3CCNCC3)c(F)c2)cc2[nH]cnc12)[C@H]1CNC(=O)C1. The average molecular weight is 421 g/mol. The van der Waals surface area contributed by atoms with Gasteiger partial charge in [0.1, 0.15) is 17.1 Å². The maximum atomic E-state index is 15.0. The number of carbonyl (C=O) groups excluding carboxylic acids is 1. The van der Waals surface area contributed by atoms with Crippen LogP contribution in [-0.2, 0) is 4.79 Å². The predicted octanol–water partition coefficient (Wildman–Crippen LogP) is 2.81. The van der Waals surface area contributed by atoms with Crippen LogP contribution in [0.1, 0.15) is 6.42 Å². The van der Waals surface area contributed by atoms with Crippen LogP contribution in [0.15, 0.2) is 49.0 Å². The van der Waals surface area contributed by atoms with Gasteiger partial charge in [0.25, 0.3) is 0 Å². The third kappa shape index (κ3) is 3.86. The van der Waals surface area contributed by atoms with Crippen LogP contribution in [0.25, 0.3) is 22.2 Å². The highest BCUT2D eigenvalue weighted by Gasteiger charge is 2.26. The fourth-order valence-electron chi connectivity index (χ4n) is 4.17. The van der Waals surface area contributed by atoms with Crippen molar-refractivity contribution >= 4 is 22.6 Å². The van der Waals surface area contributed by atoms with Crippen molar-refractivity contribution in [2.24, 2.45) is 5.92 Å². The van der Waals surface area contributed by atoms with E-state index in [1.165, 1.54) is 0 Å². The van der Waals surface area contributed by atoms with Gasteiger partial charge in [-0.1, -0.05) is 12.6 Å². The van der Waals surface area contributed by atoms with Crippen molar-refractivity contribution in [1.82, 2.24) is 20.6 Å². The van der Waals surface area contributed by atoms with Gasteiger partial charge >= 0.3 is 0 Å². The second-order valence-corrected chi connectivity index (χ2v) is 7.95. The molecule has 2 aliphatic heterocycles. The fraction of sp³-hybridized carbons (Fsp3) is 0.304. The molecule has 0 aliphatic carbocycles. The number of nitrogens with one attached hydrogen (secondary N) is 3. The van der Waals surface area contributed by atoms with E-state index in [4.69, 9.17) is 4.74 Å². The quantitative estimate of drug-likeness (QED) is 0.552. The molecule has 1 aromatic heterocycles. The van der Waals surface area contributed by atoms with E-state index >= 15 is 0 Å². The van der Waals surface area contributed by atoms with Crippen LogP contribution < -0.4 is 20.3 Å². The number of H-pyrrole nitrogens is 1. The number of ether oxygens (including phenoxy) is 1. The molecule has 2 saturated heterocycles. The van der Waals surface area contributed by atoms with Crippen LogP contribution in [0.3, 0.4) is 0 Å². The van der Waals surface area contributed by atoms with Gasteiger partial charge in [-0.3, -0.25) is 4.79 Å². The second-order valence-electron chi connectivity index (χ2n) is 7.95. The molecule has 7 nitrogen and oxygen atoms in total. The van der Waals surface area contributed by atoms with E-state index in [-0.39, 0.29) is 17.6 Å². The van der Waals surface area contributed by atoms with Gasteiger partial charge in [0.05, 0.1) is 17.5 Å². The zero-order valence-electron chi connectivity index (χ0n) is 17.1. The molecular weight excluding hydrogens is 397 g/mol. The molecule has 8 heteroatoms. The summed E-state index contributed by atoms with van der Waals surface area (Å²) in [6.45, 7) is 7.80. The lowest BCUT2D eigenvalue weighted by molar-refractivity contribution is -0.119. The number of nitrogens with zero attached hydrogens (tertiary/aromatic N) is 2. The van der Waals surface area contributed by atoms with E-state index in [1.807, 2.05) is 24.3 Å². The van der Waals surface area contributed by atoms with Crippen molar-refractivity contribution in [2.75, 3.05) is 37.6 Å².